The molecule has 1 N–H and O–H groups in total. The third-order valence-electron chi connectivity index (χ3n) is 4.43. The predicted molar refractivity (Wildman–Crippen MR) is 123 cm³/mol. The molecule has 5 heteroatoms. The van der Waals surface area contributed by atoms with Crippen molar-refractivity contribution >= 4 is 21.8 Å². The second-order valence-electron chi connectivity index (χ2n) is 7.22. The molecule has 0 bridgehead atoms. The van der Waals surface area contributed by atoms with Crippen molar-refractivity contribution in [3.8, 4) is 11.5 Å². The third kappa shape index (κ3) is 6.63. The third-order valence-corrected chi connectivity index (χ3v) is 4.92. The van der Waals surface area contributed by atoms with Crippen molar-refractivity contribution in [2.24, 2.45) is 0 Å². The fourth-order valence-electron chi connectivity index (χ4n) is 2.96. The van der Waals surface area contributed by atoms with Crippen molar-refractivity contribution < 1.29 is 14.3 Å². The van der Waals surface area contributed by atoms with E-state index in [1.165, 1.54) is 5.56 Å². The van der Waals surface area contributed by atoms with Crippen molar-refractivity contribution in [2.75, 3.05) is 6.61 Å². The molecule has 3 aromatic rings. The van der Waals surface area contributed by atoms with E-state index in [-0.39, 0.29) is 12.0 Å². The quantitative estimate of drug-likeness (QED) is 0.433. The predicted octanol–water partition coefficient (Wildman–Crippen LogP) is 5.79. The zero-order valence-corrected chi connectivity index (χ0v) is 18.8. The van der Waals surface area contributed by atoms with Gasteiger partial charge in [-0.25, -0.2) is 0 Å². The summed E-state index contributed by atoms with van der Waals surface area (Å²) >= 11 is 3.44. The number of hydrogen-bond donors (Lipinski definition) is 1. The van der Waals surface area contributed by atoms with E-state index in [0.29, 0.717) is 24.5 Å². The first kappa shape index (κ1) is 21.9. The van der Waals surface area contributed by atoms with Gasteiger partial charge in [0.05, 0.1) is 18.3 Å². The van der Waals surface area contributed by atoms with E-state index in [0.717, 1.165) is 22.2 Å². The van der Waals surface area contributed by atoms with E-state index in [1.807, 2.05) is 68.4 Å². The van der Waals surface area contributed by atoms with Crippen LogP contribution in [-0.2, 0) is 13.0 Å². The van der Waals surface area contributed by atoms with Gasteiger partial charge in [-0.3, -0.25) is 4.79 Å². The lowest BCUT2D eigenvalue weighted by molar-refractivity contribution is 0.0947. The van der Waals surface area contributed by atoms with Crippen LogP contribution >= 0.6 is 15.9 Å². The van der Waals surface area contributed by atoms with Gasteiger partial charge in [-0.05, 0) is 55.3 Å². The molecule has 1 amide bonds. The molecular weight excluding hydrogens is 442 g/mol. The summed E-state index contributed by atoms with van der Waals surface area (Å²) in [4.78, 5) is 12.8. The Morgan fingerprint density at radius 2 is 1.70 bits per heavy atom. The van der Waals surface area contributed by atoms with Crippen LogP contribution in [0.2, 0.25) is 0 Å². The number of halogens is 1. The van der Waals surface area contributed by atoms with E-state index in [2.05, 4.69) is 33.4 Å². The van der Waals surface area contributed by atoms with Crippen molar-refractivity contribution in [1.29, 1.82) is 0 Å². The van der Waals surface area contributed by atoms with Crippen LogP contribution in [0.5, 0.6) is 11.5 Å². The molecule has 0 spiro atoms. The van der Waals surface area contributed by atoms with Gasteiger partial charge < -0.3 is 14.8 Å². The average Bonchev–Trinajstić information content (AvgIpc) is 2.74. The van der Waals surface area contributed by atoms with E-state index in [4.69, 9.17) is 9.47 Å². The number of hydrogen-bond acceptors (Lipinski definition) is 3. The average molecular weight is 468 g/mol. The largest absolute Gasteiger partial charge is 0.492 e. The molecule has 0 unspecified atom stereocenters. The monoisotopic (exact) mass is 467 g/mol. The molecule has 3 aromatic carbocycles. The molecule has 0 atom stereocenters. The van der Waals surface area contributed by atoms with Gasteiger partial charge in [-0.1, -0.05) is 58.4 Å². The Balaban J connectivity index is 1.59. The summed E-state index contributed by atoms with van der Waals surface area (Å²) in [6.07, 6.45) is 0.912. The van der Waals surface area contributed by atoms with Gasteiger partial charge in [0.25, 0.3) is 5.91 Å². The number of benzene rings is 3. The molecule has 0 heterocycles. The number of amides is 1. The molecular formula is C25H26BrNO3. The van der Waals surface area contributed by atoms with Gasteiger partial charge in [-0.2, -0.15) is 0 Å². The fourth-order valence-corrected chi connectivity index (χ4v) is 3.33. The molecule has 30 heavy (non-hydrogen) atoms. The molecule has 156 valence electrons. The number of nitrogens with one attached hydrogen (secondary N) is 1. The van der Waals surface area contributed by atoms with E-state index < -0.39 is 0 Å². The van der Waals surface area contributed by atoms with Crippen molar-refractivity contribution in [3.05, 3.63) is 94.0 Å². The second kappa shape index (κ2) is 10.8. The molecule has 0 aliphatic heterocycles. The van der Waals surface area contributed by atoms with E-state index >= 15 is 0 Å². The maximum absolute atomic E-state index is 12.8. The second-order valence-corrected chi connectivity index (χ2v) is 8.13. The number of rotatable bonds is 9. The highest BCUT2D eigenvalue weighted by Gasteiger charge is 2.13. The first-order chi connectivity index (χ1) is 14.5. The van der Waals surface area contributed by atoms with Crippen LogP contribution in [0.4, 0.5) is 0 Å². The number of carbonyl (C=O) groups excluding carboxylic acids is 1. The smallest absolute Gasteiger partial charge is 0.255 e. The molecule has 0 saturated heterocycles. The Kier molecular flexibility index (Phi) is 7.91. The highest BCUT2D eigenvalue weighted by Crippen LogP contribution is 2.24. The van der Waals surface area contributed by atoms with Gasteiger partial charge in [0, 0.05) is 17.4 Å². The molecule has 0 fully saturated rings. The molecule has 0 aliphatic rings. The van der Waals surface area contributed by atoms with Gasteiger partial charge >= 0.3 is 0 Å². The SMILES string of the molecule is CC(C)Oc1ccc(CNC(=O)c2cc(Br)ccc2OCCc2ccccc2)cc1. The summed E-state index contributed by atoms with van der Waals surface area (Å²) in [5, 5.41) is 2.97. The van der Waals surface area contributed by atoms with Crippen LogP contribution in [0, 0.1) is 0 Å². The normalized spacial score (nSPS) is 10.7. The summed E-state index contributed by atoms with van der Waals surface area (Å²) in [6.45, 7) is 4.91. The van der Waals surface area contributed by atoms with Crippen LogP contribution < -0.4 is 14.8 Å². The van der Waals surface area contributed by atoms with E-state index in [9.17, 15) is 4.79 Å². The summed E-state index contributed by atoms with van der Waals surface area (Å²) < 4.78 is 12.4. The maximum atomic E-state index is 12.8. The lowest BCUT2D eigenvalue weighted by Gasteiger charge is -2.13. The molecule has 3 rings (SSSR count). The molecule has 0 aromatic heterocycles. The summed E-state index contributed by atoms with van der Waals surface area (Å²) in [5.74, 6) is 1.22. The maximum Gasteiger partial charge on any atom is 0.255 e. The Hall–Kier alpha value is -2.79. The zero-order valence-electron chi connectivity index (χ0n) is 17.2. The van der Waals surface area contributed by atoms with E-state index in [1.54, 1.807) is 6.07 Å². The minimum Gasteiger partial charge on any atom is -0.492 e. The van der Waals surface area contributed by atoms with Crippen molar-refractivity contribution in [1.82, 2.24) is 5.32 Å². The standard InChI is InChI=1S/C25H26BrNO3/c1-18(2)30-22-11-8-20(9-12-22)17-27-25(28)23-16-21(26)10-13-24(23)29-15-14-19-6-4-3-5-7-19/h3-13,16,18H,14-15,17H2,1-2H3,(H,27,28). The van der Waals surface area contributed by atoms with Gasteiger partial charge in [0.2, 0.25) is 0 Å². The van der Waals surface area contributed by atoms with Crippen LogP contribution in [0.1, 0.15) is 35.3 Å². The summed E-state index contributed by atoms with van der Waals surface area (Å²) in [7, 11) is 0. The first-order valence-electron chi connectivity index (χ1n) is 10.0. The Labute approximate surface area is 186 Å². The molecule has 0 radical (unpaired) electrons. The van der Waals surface area contributed by atoms with Crippen LogP contribution in [0.25, 0.3) is 0 Å². The topological polar surface area (TPSA) is 47.6 Å². The fraction of sp³-hybridized carbons (Fsp3) is 0.240. The molecule has 0 aliphatic carbocycles. The number of carbonyl (C=O) groups is 1. The van der Waals surface area contributed by atoms with Crippen LogP contribution in [0.3, 0.4) is 0 Å². The minimum atomic E-state index is -0.173. The highest BCUT2D eigenvalue weighted by atomic mass is 79.9. The number of ether oxygens (including phenoxy) is 2. The van der Waals surface area contributed by atoms with Gasteiger partial charge in [0.15, 0.2) is 0 Å². The molecule has 4 nitrogen and oxygen atoms in total. The Morgan fingerprint density at radius 1 is 0.967 bits per heavy atom. The van der Waals surface area contributed by atoms with Crippen LogP contribution in [0.15, 0.2) is 77.3 Å². The Morgan fingerprint density at radius 3 is 2.40 bits per heavy atom. The lowest BCUT2D eigenvalue weighted by Crippen LogP contribution is -2.23. The van der Waals surface area contributed by atoms with Gasteiger partial charge in [-0.15, -0.1) is 0 Å². The minimum absolute atomic E-state index is 0.132. The molecule has 0 saturated carbocycles. The zero-order chi connectivity index (χ0) is 21.3. The van der Waals surface area contributed by atoms with Crippen molar-refractivity contribution in [2.45, 2.75) is 32.9 Å². The lowest BCUT2D eigenvalue weighted by atomic mass is 10.1. The van der Waals surface area contributed by atoms with Crippen LogP contribution in [-0.4, -0.2) is 18.6 Å². The highest BCUT2D eigenvalue weighted by molar-refractivity contribution is 9.10. The van der Waals surface area contributed by atoms with Gasteiger partial charge in [0.1, 0.15) is 11.5 Å². The first-order valence-corrected chi connectivity index (χ1v) is 10.8. The van der Waals surface area contributed by atoms with Crippen molar-refractivity contribution in [3.63, 3.8) is 0 Å². The summed E-state index contributed by atoms with van der Waals surface area (Å²) in [5.41, 5.74) is 2.71. The Bertz CT molecular complexity index is 956. The summed E-state index contributed by atoms with van der Waals surface area (Å²) in [6, 6.07) is 23.4.